The molecule has 1 aliphatic carbocycles. The van der Waals surface area contributed by atoms with Gasteiger partial charge in [0.2, 0.25) is 5.91 Å². The fourth-order valence-corrected chi connectivity index (χ4v) is 9.72. The topological polar surface area (TPSA) is 251 Å². The third-order valence-corrected chi connectivity index (χ3v) is 12.5. The number of nitrogens with one attached hydrogen (secondary N) is 1. The molecule has 17 nitrogen and oxygen atoms in total. The molecule has 0 bridgehead atoms. The van der Waals surface area contributed by atoms with E-state index in [9.17, 15) is 53.7 Å². The Kier molecular flexibility index (Phi) is 10.8. The lowest BCUT2D eigenvalue weighted by Gasteiger charge is -2.49. The van der Waals surface area contributed by atoms with Crippen LogP contribution < -0.4 is 21.1 Å². The number of nitrogens with zero attached hydrogens (tertiary/aromatic N) is 2. The third kappa shape index (κ3) is 7.74. The summed E-state index contributed by atoms with van der Waals surface area (Å²) < 4.78 is 16.2. The Hall–Kier alpha value is -7.38. The maximum Gasteiger partial charge on any atom is 0.352 e. The minimum absolute atomic E-state index is 0.0656. The Balaban J connectivity index is 0.959. The number of likely N-dealkylation sites (N-methyl/N-ethyl adjacent to an activating group) is 1. The average Bonchev–Trinajstić information content (AvgIpc) is 3.22. The van der Waals surface area contributed by atoms with E-state index in [2.05, 4.69) is 5.32 Å². The normalized spacial score (nSPS) is 15.9. The number of ether oxygens (including phenoxy) is 1. The predicted molar refractivity (Wildman–Crippen MR) is 224 cm³/mol. The van der Waals surface area contributed by atoms with Gasteiger partial charge < -0.3 is 39.1 Å². The number of aromatic hydroxyl groups is 1. The first-order valence-electron chi connectivity index (χ1n) is 18.5. The van der Waals surface area contributed by atoms with E-state index >= 15 is 0 Å². The number of benzene rings is 4. The van der Waals surface area contributed by atoms with Crippen molar-refractivity contribution in [3.05, 3.63) is 122 Å². The van der Waals surface area contributed by atoms with Gasteiger partial charge in [0.1, 0.15) is 51.1 Å². The first-order valence-corrected chi connectivity index (χ1v) is 20.5. The summed E-state index contributed by atoms with van der Waals surface area (Å²) in [5.74, 6) is -4.98. The molecule has 8 rings (SSSR count). The summed E-state index contributed by atoms with van der Waals surface area (Å²) in [6.07, 6.45) is 0. The lowest BCUT2D eigenvalue weighted by molar-refractivity contribution is -0.150. The van der Waals surface area contributed by atoms with Gasteiger partial charge in [-0.05, 0) is 65.7 Å². The van der Waals surface area contributed by atoms with Crippen LogP contribution >= 0.6 is 23.5 Å². The van der Waals surface area contributed by atoms with Crippen molar-refractivity contribution in [1.29, 1.82) is 0 Å². The molecule has 314 valence electrons. The highest BCUT2D eigenvalue weighted by Gasteiger charge is 2.54. The number of amides is 3. The van der Waals surface area contributed by atoms with Gasteiger partial charge >= 0.3 is 23.5 Å². The van der Waals surface area contributed by atoms with Crippen molar-refractivity contribution in [2.45, 2.75) is 23.2 Å². The molecule has 1 aromatic heterocycles. The second-order valence-corrected chi connectivity index (χ2v) is 16.4. The zero-order valence-electron chi connectivity index (χ0n) is 32.3. The van der Waals surface area contributed by atoms with Gasteiger partial charge in [0.15, 0.2) is 5.43 Å². The van der Waals surface area contributed by atoms with Crippen molar-refractivity contribution in [3.8, 4) is 33.9 Å². The van der Waals surface area contributed by atoms with Crippen LogP contribution in [0.4, 0.5) is 0 Å². The van der Waals surface area contributed by atoms with Crippen LogP contribution in [-0.2, 0) is 19.2 Å². The number of phenols is 1. The number of esters is 1. The van der Waals surface area contributed by atoms with Gasteiger partial charge in [0.05, 0.1) is 12.1 Å². The summed E-state index contributed by atoms with van der Waals surface area (Å²) in [5, 5.41) is 33.4. The molecule has 3 aromatic carbocycles. The Morgan fingerprint density at radius 3 is 2.40 bits per heavy atom. The fraction of sp³-hybridized carbons (Fsp3) is 0.163. The summed E-state index contributed by atoms with van der Waals surface area (Å²) in [7, 11) is 1.28. The van der Waals surface area contributed by atoms with Gasteiger partial charge in [0, 0.05) is 70.5 Å². The highest BCUT2D eigenvalue weighted by atomic mass is 32.2. The number of carbonyl (C=O) groups is 6. The van der Waals surface area contributed by atoms with Crippen LogP contribution in [-0.4, -0.2) is 97.3 Å². The maximum atomic E-state index is 13.4. The number of aromatic carboxylic acids is 1. The van der Waals surface area contributed by atoms with E-state index in [1.54, 1.807) is 24.3 Å². The lowest BCUT2D eigenvalue weighted by atomic mass is 9.91. The summed E-state index contributed by atoms with van der Waals surface area (Å²) in [6.45, 7) is 0.654. The summed E-state index contributed by atoms with van der Waals surface area (Å²) in [5.41, 5.74) is -0.0985. The number of rotatable bonds is 11. The van der Waals surface area contributed by atoms with E-state index < -0.39 is 59.2 Å². The molecule has 62 heavy (non-hydrogen) atoms. The number of carbonyl (C=O) groups excluding carboxylic acids is 4. The van der Waals surface area contributed by atoms with Crippen molar-refractivity contribution in [1.82, 2.24) is 15.1 Å². The van der Waals surface area contributed by atoms with Gasteiger partial charge in [-0.15, -0.1) is 23.5 Å². The Bertz CT molecular complexity index is 3070. The van der Waals surface area contributed by atoms with E-state index in [-0.39, 0.29) is 62.2 Å². The minimum atomic E-state index is -1.37. The number of fused-ring (bicyclic) bond motifs is 4. The van der Waals surface area contributed by atoms with E-state index in [4.69, 9.17) is 13.6 Å². The average molecular weight is 878 g/mol. The monoisotopic (exact) mass is 877 g/mol. The second-order valence-electron chi connectivity index (χ2n) is 14.2. The fourth-order valence-electron chi connectivity index (χ4n) is 7.30. The molecular weight excluding hydrogens is 847 g/mol. The number of hydrogen-bond donors (Lipinski definition) is 4. The third-order valence-electron chi connectivity index (χ3n) is 10.1. The van der Waals surface area contributed by atoms with Crippen molar-refractivity contribution in [2.75, 3.05) is 25.1 Å². The first kappa shape index (κ1) is 41.4. The molecule has 1 saturated heterocycles. The molecule has 2 atom stereocenters. The standard InChI is InChI=1S/C43H31N3O14S2/c1-19(47)58-24-6-3-20-11-30(43(57)60-31(20)14-24)38(51)45(2)16-34(50)44-36-39(52)46-37(42(55)56)21(18-62-40(36)46)17-61-25-7-10-26(29(15-25)41(53)54)35-27-8-4-22(48)12-32(27)59-33-13-23(49)5-9-28(33)35/h3-15,36,40,48H,16-18H2,1-2H3,(H,44,50)(H,53,54)(H,55,56). The van der Waals surface area contributed by atoms with Gasteiger partial charge in [-0.3, -0.25) is 28.9 Å². The van der Waals surface area contributed by atoms with Gasteiger partial charge in [-0.25, -0.2) is 14.4 Å². The second kappa shape index (κ2) is 16.2. The minimum Gasteiger partial charge on any atom is -0.508 e. The molecule has 3 amide bonds. The number of aliphatic carboxylic acids is 1. The smallest absolute Gasteiger partial charge is 0.352 e. The molecule has 1 fully saturated rings. The molecule has 4 N–H and O–H groups in total. The van der Waals surface area contributed by atoms with Crippen LogP contribution in [0.1, 0.15) is 27.6 Å². The van der Waals surface area contributed by atoms with Crippen LogP contribution in [0.2, 0.25) is 0 Å². The number of phenolic OH excluding ortho intramolecular Hbond substituents is 1. The van der Waals surface area contributed by atoms with Crippen molar-refractivity contribution in [2.24, 2.45) is 0 Å². The molecule has 0 spiro atoms. The highest BCUT2D eigenvalue weighted by Crippen LogP contribution is 2.44. The Morgan fingerprint density at radius 1 is 0.887 bits per heavy atom. The molecule has 19 heteroatoms. The predicted octanol–water partition coefficient (Wildman–Crippen LogP) is 4.60. The van der Waals surface area contributed by atoms with Crippen molar-refractivity contribution in [3.63, 3.8) is 0 Å². The number of carboxylic acid groups (broad SMARTS) is 2. The molecule has 2 unspecified atom stereocenters. The quantitative estimate of drug-likeness (QED) is 0.0347. The van der Waals surface area contributed by atoms with Crippen LogP contribution in [0, 0.1) is 0 Å². The van der Waals surface area contributed by atoms with Crippen LogP contribution in [0.25, 0.3) is 44.4 Å². The van der Waals surface area contributed by atoms with Crippen LogP contribution in [0.15, 0.2) is 113 Å². The molecule has 0 saturated carbocycles. The maximum absolute atomic E-state index is 13.4. The molecular formula is C43H31N3O14S2. The van der Waals surface area contributed by atoms with E-state index in [0.717, 1.165) is 21.6 Å². The number of β-lactam (4-membered cyclic amide) rings is 1. The highest BCUT2D eigenvalue weighted by molar-refractivity contribution is 8.01. The first-order chi connectivity index (χ1) is 29.6. The Morgan fingerprint density at radius 2 is 1.66 bits per heavy atom. The molecule has 0 radical (unpaired) electrons. The van der Waals surface area contributed by atoms with Gasteiger partial charge in [-0.1, -0.05) is 6.07 Å². The van der Waals surface area contributed by atoms with Crippen molar-refractivity contribution >= 4 is 81.1 Å². The number of hydrogen-bond acceptors (Lipinski definition) is 14. The van der Waals surface area contributed by atoms with Gasteiger partial charge in [-0.2, -0.15) is 0 Å². The van der Waals surface area contributed by atoms with E-state index in [0.29, 0.717) is 37.9 Å². The molecule has 4 aliphatic rings. The summed E-state index contributed by atoms with van der Waals surface area (Å²) in [6, 6.07) is 17.7. The lowest BCUT2D eigenvalue weighted by Crippen LogP contribution is -2.71. The molecule has 4 aromatic rings. The SMILES string of the molecule is CC(=O)Oc1ccc2cc(C(=O)N(C)CC(=O)NC3C(=O)N4C(C(=O)O)=C(CSc5ccc(-c6c7ccc(=O)cc-7oc7cc(O)ccc67)c(C(=O)O)c5)CSC34)c(=O)oc2c1. The number of thioether (sulfide) groups is 2. The largest absolute Gasteiger partial charge is 0.508 e. The Labute approximate surface area is 356 Å². The van der Waals surface area contributed by atoms with Crippen LogP contribution in [0.3, 0.4) is 0 Å². The van der Waals surface area contributed by atoms with E-state index in [1.165, 1.54) is 80.3 Å². The molecule has 3 aliphatic heterocycles. The van der Waals surface area contributed by atoms with Gasteiger partial charge in [0.25, 0.3) is 11.8 Å². The number of carboxylic acids is 2. The zero-order chi connectivity index (χ0) is 44.1. The molecule has 4 heterocycles. The van der Waals surface area contributed by atoms with E-state index in [1.807, 2.05) is 0 Å². The van der Waals surface area contributed by atoms with Crippen LogP contribution in [0.5, 0.6) is 11.5 Å². The summed E-state index contributed by atoms with van der Waals surface area (Å²) >= 11 is 2.39. The van der Waals surface area contributed by atoms with Crippen molar-refractivity contribution < 1.29 is 57.7 Å². The zero-order valence-corrected chi connectivity index (χ0v) is 34.0. The summed E-state index contributed by atoms with van der Waals surface area (Å²) in [4.78, 5) is 104.